The Morgan fingerprint density at radius 2 is 2.05 bits per heavy atom. The van der Waals surface area contributed by atoms with E-state index in [2.05, 4.69) is 36.8 Å². The summed E-state index contributed by atoms with van der Waals surface area (Å²) in [5, 5.41) is 10.8. The molecule has 0 N–H and O–H groups in total. The van der Waals surface area contributed by atoms with Gasteiger partial charge in [-0.3, -0.25) is 19.5 Å². The second kappa shape index (κ2) is 5.62. The van der Waals surface area contributed by atoms with Gasteiger partial charge in [-0.25, -0.2) is 4.98 Å². The molecule has 2 aromatic rings. The molecule has 0 aliphatic carbocycles. The van der Waals surface area contributed by atoms with Crippen LogP contribution < -0.4 is 5.56 Å². The highest BCUT2D eigenvalue weighted by atomic mass is 79.9. The summed E-state index contributed by atoms with van der Waals surface area (Å²) >= 11 is 6.21. The van der Waals surface area contributed by atoms with E-state index in [9.17, 15) is 14.9 Å². The summed E-state index contributed by atoms with van der Waals surface area (Å²) in [6, 6.07) is 4.73. The van der Waals surface area contributed by atoms with Crippen molar-refractivity contribution in [3.63, 3.8) is 0 Å². The van der Waals surface area contributed by atoms with Gasteiger partial charge < -0.3 is 0 Å². The molecule has 0 fully saturated rings. The Bertz CT molecular complexity index is 700. The maximum absolute atomic E-state index is 11.8. The number of hydrogen-bond acceptors (Lipinski definition) is 4. The Morgan fingerprint density at radius 3 is 2.74 bits per heavy atom. The maximum Gasteiger partial charge on any atom is 0.283 e. The standard InChI is InChI=1S/C11H7Br2N3O3/c12-8-2-1-7(3-10(8)16(18)19)5-15-6-14-4-9(13)11(15)17/h1-4,6H,5H2. The predicted molar refractivity (Wildman–Crippen MR) is 76.1 cm³/mol. The monoisotopic (exact) mass is 387 g/mol. The fourth-order valence-corrected chi connectivity index (χ4v) is 2.27. The van der Waals surface area contributed by atoms with E-state index in [0.717, 1.165) is 0 Å². The lowest BCUT2D eigenvalue weighted by Gasteiger charge is -2.06. The number of rotatable bonds is 3. The van der Waals surface area contributed by atoms with E-state index < -0.39 is 4.92 Å². The highest BCUT2D eigenvalue weighted by Gasteiger charge is 2.13. The number of benzene rings is 1. The van der Waals surface area contributed by atoms with Crippen LogP contribution in [0.25, 0.3) is 0 Å². The minimum atomic E-state index is -0.477. The highest BCUT2D eigenvalue weighted by molar-refractivity contribution is 9.10. The molecule has 1 aromatic heterocycles. The zero-order valence-electron chi connectivity index (χ0n) is 9.42. The quantitative estimate of drug-likeness (QED) is 0.598. The molecule has 0 aliphatic rings. The third-order valence-corrected chi connectivity index (χ3v) is 3.63. The van der Waals surface area contributed by atoms with Gasteiger partial charge in [0.25, 0.3) is 11.2 Å². The van der Waals surface area contributed by atoms with Crippen molar-refractivity contribution in [1.29, 1.82) is 0 Å². The smallest absolute Gasteiger partial charge is 0.283 e. The summed E-state index contributed by atoms with van der Waals surface area (Å²) in [6.45, 7) is 0.222. The zero-order chi connectivity index (χ0) is 14.0. The molecule has 0 spiro atoms. The molecule has 1 aromatic carbocycles. The van der Waals surface area contributed by atoms with Gasteiger partial charge in [-0.15, -0.1) is 0 Å². The molecule has 19 heavy (non-hydrogen) atoms. The molecule has 0 aliphatic heterocycles. The maximum atomic E-state index is 11.8. The van der Waals surface area contributed by atoms with Crippen molar-refractivity contribution >= 4 is 37.5 Å². The average Bonchev–Trinajstić information content (AvgIpc) is 2.37. The topological polar surface area (TPSA) is 78.0 Å². The van der Waals surface area contributed by atoms with Crippen LogP contribution in [0.1, 0.15) is 5.56 Å². The molecule has 6 nitrogen and oxygen atoms in total. The lowest BCUT2D eigenvalue weighted by Crippen LogP contribution is -2.21. The molecule has 0 atom stereocenters. The van der Waals surface area contributed by atoms with Gasteiger partial charge >= 0.3 is 0 Å². The third-order valence-electron chi connectivity index (χ3n) is 2.42. The van der Waals surface area contributed by atoms with Crippen LogP contribution in [0.4, 0.5) is 5.69 Å². The van der Waals surface area contributed by atoms with Crippen LogP contribution in [0, 0.1) is 10.1 Å². The van der Waals surface area contributed by atoms with Gasteiger partial charge in [-0.2, -0.15) is 0 Å². The van der Waals surface area contributed by atoms with Crippen LogP contribution in [0.5, 0.6) is 0 Å². The van der Waals surface area contributed by atoms with Gasteiger partial charge in [-0.05, 0) is 43.5 Å². The normalized spacial score (nSPS) is 10.4. The number of aromatic nitrogens is 2. The lowest BCUT2D eigenvalue weighted by atomic mass is 10.2. The van der Waals surface area contributed by atoms with Crippen molar-refractivity contribution in [2.24, 2.45) is 0 Å². The van der Waals surface area contributed by atoms with Gasteiger partial charge in [0, 0.05) is 12.3 Å². The van der Waals surface area contributed by atoms with Crippen molar-refractivity contribution in [2.75, 3.05) is 0 Å². The van der Waals surface area contributed by atoms with E-state index in [4.69, 9.17) is 0 Å². The Balaban J connectivity index is 2.39. The second-order valence-electron chi connectivity index (χ2n) is 3.72. The van der Waals surface area contributed by atoms with Gasteiger partial charge in [-0.1, -0.05) is 6.07 Å². The molecule has 0 saturated heterocycles. The van der Waals surface area contributed by atoms with E-state index >= 15 is 0 Å². The molecule has 1 heterocycles. The summed E-state index contributed by atoms with van der Waals surface area (Å²) in [6.07, 6.45) is 2.80. The van der Waals surface area contributed by atoms with Gasteiger partial charge in [0.15, 0.2) is 0 Å². The van der Waals surface area contributed by atoms with Crippen LogP contribution in [-0.4, -0.2) is 14.5 Å². The minimum Gasteiger partial charge on any atom is -0.294 e. The van der Waals surface area contributed by atoms with Crippen molar-refractivity contribution in [3.05, 3.63) is 65.7 Å². The molecular weight excluding hydrogens is 382 g/mol. The van der Waals surface area contributed by atoms with Gasteiger partial charge in [0.05, 0.1) is 22.3 Å². The van der Waals surface area contributed by atoms with Crippen LogP contribution in [-0.2, 0) is 6.54 Å². The third kappa shape index (κ3) is 3.07. The van der Waals surface area contributed by atoms with Crippen LogP contribution >= 0.6 is 31.9 Å². The number of nitro groups is 1. The highest BCUT2D eigenvalue weighted by Crippen LogP contribution is 2.25. The first-order chi connectivity index (χ1) is 8.99. The van der Waals surface area contributed by atoms with Crippen LogP contribution in [0.2, 0.25) is 0 Å². The molecule has 0 radical (unpaired) electrons. The van der Waals surface area contributed by atoms with Crippen molar-refractivity contribution in [3.8, 4) is 0 Å². The number of nitro benzene ring substituents is 1. The molecule has 8 heteroatoms. The first-order valence-corrected chi connectivity index (χ1v) is 6.70. The Morgan fingerprint density at radius 1 is 1.32 bits per heavy atom. The summed E-state index contributed by atoms with van der Waals surface area (Å²) in [4.78, 5) is 26.0. The van der Waals surface area contributed by atoms with Crippen LogP contribution in [0.3, 0.4) is 0 Å². The first kappa shape index (κ1) is 13.9. The molecule has 98 valence electrons. The summed E-state index contributed by atoms with van der Waals surface area (Å²) in [5.41, 5.74) is 0.381. The molecule has 0 unspecified atom stereocenters. The van der Waals surface area contributed by atoms with Gasteiger partial charge in [0.2, 0.25) is 0 Å². The molecule has 0 saturated carbocycles. The zero-order valence-corrected chi connectivity index (χ0v) is 12.6. The average molecular weight is 389 g/mol. The largest absolute Gasteiger partial charge is 0.294 e. The molecule has 2 rings (SSSR count). The Kier molecular flexibility index (Phi) is 4.11. The summed E-state index contributed by atoms with van der Waals surface area (Å²) < 4.78 is 2.12. The summed E-state index contributed by atoms with van der Waals surface area (Å²) in [5.74, 6) is 0. The minimum absolute atomic E-state index is 0.0338. The van der Waals surface area contributed by atoms with Gasteiger partial charge in [0.1, 0.15) is 4.47 Å². The lowest BCUT2D eigenvalue weighted by molar-refractivity contribution is -0.385. The SMILES string of the molecule is O=c1c(Br)cncn1Cc1ccc(Br)c([N+](=O)[O-])c1. The number of halogens is 2. The fourth-order valence-electron chi connectivity index (χ4n) is 1.53. The van der Waals surface area contributed by atoms with E-state index in [0.29, 0.717) is 14.5 Å². The molecule has 0 amide bonds. The molecule has 0 bridgehead atoms. The second-order valence-corrected chi connectivity index (χ2v) is 5.43. The van der Waals surface area contributed by atoms with Crippen molar-refractivity contribution in [1.82, 2.24) is 9.55 Å². The van der Waals surface area contributed by atoms with E-state index in [1.54, 1.807) is 12.1 Å². The predicted octanol–water partition coefficient (Wildman–Crippen LogP) is 2.72. The number of nitrogens with zero attached hydrogens (tertiary/aromatic N) is 3. The van der Waals surface area contributed by atoms with E-state index in [1.807, 2.05) is 0 Å². The van der Waals surface area contributed by atoms with Crippen molar-refractivity contribution in [2.45, 2.75) is 6.54 Å². The first-order valence-electron chi connectivity index (χ1n) is 5.12. The van der Waals surface area contributed by atoms with Crippen molar-refractivity contribution < 1.29 is 4.92 Å². The van der Waals surface area contributed by atoms with Crippen LogP contribution in [0.15, 0.2) is 44.5 Å². The molecular formula is C11H7Br2N3O3. The fraction of sp³-hybridized carbons (Fsp3) is 0.0909. The Hall–Kier alpha value is -1.54. The van der Waals surface area contributed by atoms with E-state index in [1.165, 1.54) is 23.2 Å². The Labute approximate surface area is 124 Å². The van der Waals surface area contributed by atoms with E-state index in [-0.39, 0.29) is 17.8 Å². The summed E-state index contributed by atoms with van der Waals surface area (Å²) in [7, 11) is 0. The number of hydrogen-bond donors (Lipinski definition) is 0.